The van der Waals surface area contributed by atoms with Crippen molar-refractivity contribution in [2.24, 2.45) is 5.10 Å². The van der Waals surface area contributed by atoms with Crippen molar-refractivity contribution in [2.75, 3.05) is 12.4 Å². The number of carbonyl (C=O) groups is 2. The number of ether oxygens (including phenoxy) is 2. The fourth-order valence-electron chi connectivity index (χ4n) is 2.76. The lowest BCUT2D eigenvalue weighted by Crippen LogP contribution is -2.17. The first kappa shape index (κ1) is 22.8. The summed E-state index contributed by atoms with van der Waals surface area (Å²) < 4.78 is 11.2. The van der Waals surface area contributed by atoms with E-state index < -0.39 is 0 Å². The number of anilines is 1. The Kier molecular flexibility index (Phi) is 7.83. The number of benzene rings is 3. The van der Waals surface area contributed by atoms with E-state index in [1.165, 1.54) is 13.1 Å². The van der Waals surface area contributed by atoms with Crippen LogP contribution in [0.4, 0.5) is 5.69 Å². The normalized spacial score (nSPS) is 10.6. The SMILES string of the molecule is COc1cc(/C=N\NC(=O)c2ccc(NC(C)=O)cc2)ccc1OCc1ccc(Cl)cc1. The van der Waals surface area contributed by atoms with Gasteiger partial charge >= 0.3 is 0 Å². The monoisotopic (exact) mass is 451 g/mol. The summed E-state index contributed by atoms with van der Waals surface area (Å²) in [5.41, 5.74) is 5.21. The summed E-state index contributed by atoms with van der Waals surface area (Å²) in [4.78, 5) is 23.3. The van der Waals surface area contributed by atoms with Crippen molar-refractivity contribution >= 4 is 35.3 Å². The molecule has 0 spiro atoms. The predicted octanol–water partition coefficient (Wildman–Crippen LogP) is 4.65. The molecule has 0 saturated heterocycles. The molecular weight excluding hydrogens is 430 g/mol. The van der Waals surface area contributed by atoms with Crippen LogP contribution in [-0.4, -0.2) is 25.1 Å². The number of hydrogen-bond acceptors (Lipinski definition) is 5. The van der Waals surface area contributed by atoms with Crippen molar-refractivity contribution < 1.29 is 19.1 Å². The number of nitrogens with one attached hydrogen (secondary N) is 2. The largest absolute Gasteiger partial charge is 0.493 e. The van der Waals surface area contributed by atoms with Gasteiger partial charge in [-0.1, -0.05) is 23.7 Å². The third-order valence-corrected chi connectivity index (χ3v) is 4.59. The van der Waals surface area contributed by atoms with Gasteiger partial charge in [-0.15, -0.1) is 0 Å². The van der Waals surface area contributed by atoms with E-state index in [1.807, 2.05) is 24.3 Å². The number of amides is 2. The van der Waals surface area contributed by atoms with Crippen LogP contribution < -0.4 is 20.2 Å². The van der Waals surface area contributed by atoms with E-state index in [4.69, 9.17) is 21.1 Å². The Morgan fingerprint density at radius 1 is 1.00 bits per heavy atom. The Bertz CT molecular complexity index is 1110. The van der Waals surface area contributed by atoms with Crippen LogP contribution in [0.3, 0.4) is 0 Å². The van der Waals surface area contributed by atoms with Crippen LogP contribution in [0.2, 0.25) is 5.02 Å². The zero-order valence-corrected chi connectivity index (χ0v) is 18.3. The molecule has 7 nitrogen and oxygen atoms in total. The van der Waals surface area contributed by atoms with Crippen LogP contribution in [0.15, 0.2) is 71.8 Å². The van der Waals surface area contributed by atoms with E-state index >= 15 is 0 Å². The smallest absolute Gasteiger partial charge is 0.271 e. The van der Waals surface area contributed by atoms with Gasteiger partial charge < -0.3 is 14.8 Å². The second kappa shape index (κ2) is 11.0. The minimum absolute atomic E-state index is 0.177. The van der Waals surface area contributed by atoms with Crippen LogP contribution in [0.25, 0.3) is 0 Å². The lowest BCUT2D eigenvalue weighted by Gasteiger charge is -2.11. The van der Waals surface area contributed by atoms with E-state index in [9.17, 15) is 9.59 Å². The zero-order valence-electron chi connectivity index (χ0n) is 17.6. The molecule has 3 aromatic carbocycles. The highest BCUT2D eigenvalue weighted by Crippen LogP contribution is 2.28. The van der Waals surface area contributed by atoms with Gasteiger partial charge in [0.15, 0.2) is 11.5 Å². The number of hydrogen-bond donors (Lipinski definition) is 2. The molecular formula is C24H22ClN3O4. The Morgan fingerprint density at radius 2 is 1.72 bits per heavy atom. The van der Waals surface area contributed by atoms with E-state index in [0.717, 1.165) is 11.1 Å². The highest BCUT2D eigenvalue weighted by Gasteiger charge is 2.07. The molecule has 0 heterocycles. The zero-order chi connectivity index (χ0) is 22.9. The van der Waals surface area contributed by atoms with Crippen molar-refractivity contribution in [1.29, 1.82) is 0 Å². The molecule has 3 rings (SSSR count). The van der Waals surface area contributed by atoms with Gasteiger partial charge in [-0.3, -0.25) is 9.59 Å². The van der Waals surface area contributed by atoms with Gasteiger partial charge in [0.2, 0.25) is 5.91 Å². The minimum Gasteiger partial charge on any atom is -0.493 e. The number of methoxy groups -OCH3 is 1. The Balaban J connectivity index is 1.58. The maximum Gasteiger partial charge on any atom is 0.271 e. The van der Waals surface area contributed by atoms with Gasteiger partial charge in [-0.05, 0) is 65.7 Å². The second-order valence-corrected chi connectivity index (χ2v) is 7.22. The number of carbonyl (C=O) groups excluding carboxylic acids is 2. The molecule has 0 atom stereocenters. The molecule has 0 saturated carbocycles. The van der Waals surface area contributed by atoms with Crippen molar-refractivity contribution in [2.45, 2.75) is 13.5 Å². The van der Waals surface area contributed by atoms with Crippen LogP contribution in [0.5, 0.6) is 11.5 Å². The number of rotatable bonds is 8. The molecule has 164 valence electrons. The molecule has 32 heavy (non-hydrogen) atoms. The summed E-state index contributed by atoms with van der Waals surface area (Å²) >= 11 is 5.90. The molecule has 0 radical (unpaired) electrons. The summed E-state index contributed by atoms with van der Waals surface area (Å²) in [6.07, 6.45) is 1.51. The molecule has 0 aliphatic rings. The minimum atomic E-state index is -0.370. The number of halogens is 1. The van der Waals surface area contributed by atoms with Crippen LogP contribution in [0.1, 0.15) is 28.4 Å². The molecule has 2 N–H and O–H groups in total. The molecule has 0 fully saturated rings. The maximum atomic E-state index is 12.2. The molecule has 0 unspecified atom stereocenters. The van der Waals surface area contributed by atoms with Crippen LogP contribution >= 0.6 is 11.6 Å². The summed E-state index contributed by atoms with van der Waals surface area (Å²) in [5, 5.41) is 7.31. The van der Waals surface area contributed by atoms with Crippen LogP contribution in [0, 0.1) is 0 Å². The molecule has 0 aliphatic heterocycles. The highest BCUT2D eigenvalue weighted by molar-refractivity contribution is 6.30. The van der Waals surface area contributed by atoms with Crippen molar-refractivity contribution in [1.82, 2.24) is 5.43 Å². The van der Waals surface area contributed by atoms with E-state index in [2.05, 4.69) is 15.8 Å². The topological polar surface area (TPSA) is 89.0 Å². The first-order valence-corrected chi connectivity index (χ1v) is 10.1. The summed E-state index contributed by atoms with van der Waals surface area (Å²) in [7, 11) is 1.55. The van der Waals surface area contributed by atoms with Crippen molar-refractivity contribution in [3.05, 3.63) is 88.4 Å². The van der Waals surface area contributed by atoms with E-state index in [0.29, 0.717) is 34.4 Å². The number of nitrogens with zero attached hydrogens (tertiary/aromatic N) is 1. The van der Waals surface area contributed by atoms with Gasteiger partial charge in [0.1, 0.15) is 6.61 Å². The molecule has 8 heteroatoms. The lowest BCUT2D eigenvalue weighted by atomic mass is 10.2. The molecule has 0 bridgehead atoms. The quantitative estimate of drug-likeness (QED) is 0.385. The fraction of sp³-hybridized carbons (Fsp3) is 0.125. The molecule has 0 aliphatic carbocycles. The molecule has 0 aromatic heterocycles. The van der Waals surface area contributed by atoms with Gasteiger partial charge in [0.25, 0.3) is 5.91 Å². The standard InChI is InChI=1S/C24H22ClN3O4/c1-16(29)27-21-10-6-19(7-11-21)24(30)28-26-14-18-5-12-22(23(13-18)31-2)32-15-17-3-8-20(25)9-4-17/h3-14H,15H2,1-2H3,(H,27,29)(H,28,30)/b26-14-. The third kappa shape index (κ3) is 6.58. The Labute approximate surface area is 191 Å². The summed E-state index contributed by atoms with van der Waals surface area (Å²) in [5.74, 6) is 0.583. The summed E-state index contributed by atoms with van der Waals surface area (Å²) in [6, 6.07) is 19.2. The van der Waals surface area contributed by atoms with Crippen molar-refractivity contribution in [3.63, 3.8) is 0 Å². The van der Waals surface area contributed by atoms with E-state index in [-0.39, 0.29) is 11.8 Å². The average Bonchev–Trinajstić information content (AvgIpc) is 2.79. The van der Waals surface area contributed by atoms with Gasteiger partial charge in [0, 0.05) is 23.2 Å². The van der Waals surface area contributed by atoms with Gasteiger partial charge in [-0.2, -0.15) is 5.10 Å². The lowest BCUT2D eigenvalue weighted by molar-refractivity contribution is -0.114. The van der Waals surface area contributed by atoms with E-state index in [1.54, 1.807) is 49.6 Å². The van der Waals surface area contributed by atoms with Gasteiger partial charge in [0.05, 0.1) is 13.3 Å². The highest BCUT2D eigenvalue weighted by atomic mass is 35.5. The third-order valence-electron chi connectivity index (χ3n) is 4.34. The van der Waals surface area contributed by atoms with Crippen molar-refractivity contribution in [3.8, 4) is 11.5 Å². The second-order valence-electron chi connectivity index (χ2n) is 6.78. The Hall–Kier alpha value is -3.84. The number of hydrazone groups is 1. The average molecular weight is 452 g/mol. The molecule has 3 aromatic rings. The molecule has 2 amide bonds. The first-order chi connectivity index (χ1) is 15.4. The summed E-state index contributed by atoms with van der Waals surface area (Å²) in [6.45, 7) is 1.79. The van der Waals surface area contributed by atoms with Gasteiger partial charge in [-0.25, -0.2) is 5.43 Å². The fourth-order valence-corrected chi connectivity index (χ4v) is 2.89. The predicted molar refractivity (Wildman–Crippen MR) is 125 cm³/mol. The van der Waals surface area contributed by atoms with Crippen LogP contribution in [-0.2, 0) is 11.4 Å². The Morgan fingerprint density at radius 3 is 2.38 bits per heavy atom. The maximum absolute atomic E-state index is 12.2. The first-order valence-electron chi connectivity index (χ1n) is 9.71.